The summed E-state index contributed by atoms with van der Waals surface area (Å²) in [5, 5.41) is 24.0. The van der Waals surface area contributed by atoms with Crippen LogP contribution in [-0.4, -0.2) is 19.5 Å². The highest BCUT2D eigenvalue weighted by Gasteiger charge is 2.22. The molecule has 8 nitrogen and oxygen atoms in total. The lowest BCUT2D eigenvalue weighted by atomic mass is 9.96. The Kier molecular flexibility index (Phi) is 9.47. The van der Waals surface area contributed by atoms with E-state index in [0.717, 1.165) is 99.5 Å². The quantitative estimate of drug-likeness (QED) is 0.148. The van der Waals surface area contributed by atoms with Crippen LogP contribution in [0.15, 0.2) is 205 Å². The molecule has 0 spiro atoms. The number of fused-ring (bicyclic) bond motifs is 6. The Balaban J connectivity index is 1.14. The van der Waals surface area contributed by atoms with Gasteiger partial charge in [-0.2, -0.15) is 10.5 Å². The third-order valence-corrected chi connectivity index (χ3v) is 12.6. The Morgan fingerprint density at radius 2 is 1.00 bits per heavy atom. The van der Waals surface area contributed by atoms with E-state index in [9.17, 15) is 10.5 Å². The predicted molar refractivity (Wildman–Crippen MR) is 270 cm³/mol. The van der Waals surface area contributed by atoms with Gasteiger partial charge in [-0.05, 0) is 100 Å². The fourth-order valence-corrected chi connectivity index (χ4v) is 9.24. The second-order valence-electron chi connectivity index (χ2n) is 16.5. The molecule has 0 fully saturated rings. The topological polar surface area (TPSA) is 109 Å². The van der Waals surface area contributed by atoms with E-state index in [1.54, 1.807) is 12.1 Å². The van der Waals surface area contributed by atoms with Gasteiger partial charge in [0.05, 0.1) is 46.6 Å². The minimum Gasteiger partial charge on any atom is -0.456 e. The second-order valence-corrected chi connectivity index (χ2v) is 16.5. The number of hydrogen-bond acceptors (Lipinski definition) is 6. The van der Waals surface area contributed by atoms with Crippen LogP contribution in [-0.2, 0) is 0 Å². The molecule has 68 heavy (non-hydrogen) atoms. The Morgan fingerprint density at radius 3 is 1.69 bits per heavy atom. The summed E-state index contributed by atoms with van der Waals surface area (Å²) in [5.41, 5.74) is 13.8. The van der Waals surface area contributed by atoms with Crippen molar-refractivity contribution in [2.24, 2.45) is 0 Å². The summed E-state index contributed by atoms with van der Waals surface area (Å²) in [6, 6.07) is 70.8. The van der Waals surface area contributed by atoms with Crippen LogP contribution in [0.2, 0.25) is 0 Å². The van der Waals surface area contributed by atoms with Gasteiger partial charge < -0.3 is 8.98 Å². The van der Waals surface area contributed by atoms with E-state index in [2.05, 4.69) is 94.3 Å². The molecular weight excluding hydrogens is 835 g/mol. The SMILES string of the molecule is [C-]#[N+]c1ccc(-c2ccc3c(c2)c2cc(-c4ccc(C#N)cc4C#N)ccc2n3-c2ccc(-c3ccc4c(c3)oc3ccccc34)cc2-c2nc(-c3ccccc3)nc(-c3ccccc3)n2)cc1. The van der Waals surface area contributed by atoms with Crippen LogP contribution in [0.1, 0.15) is 11.1 Å². The van der Waals surface area contributed by atoms with Crippen LogP contribution in [0, 0.1) is 29.2 Å². The fraction of sp³-hybridized carbons (Fsp3) is 0. The van der Waals surface area contributed by atoms with Crippen LogP contribution < -0.4 is 0 Å². The van der Waals surface area contributed by atoms with E-state index in [1.807, 2.05) is 115 Å². The molecule has 314 valence electrons. The second kappa shape index (κ2) is 16.2. The smallest absolute Gasteiger partial charge is 0.187 e. The minimum atomic E-state index is 0.421. The molecule has 0 unspecified atom stereocenters. The van der Waals surface area contributed by atoms with Crippen LogP contribution in [0.5, 0.6) is 0 Å². The molecule has 0 aliphatic heterocycles. The average Bonchev–Trinajstić information content (AvgIpc) is 3.95. The first kappa shape index (κ1) is 39.6. The molecular formula is C60H33N7O. The fourth-order valence-electron chi connectivity index (χ4n) is 9.24. The lowest BCUT2D eigenvalue weighted by Crippen LogP contribution is -2.04. The normalized spacial score (nSPS) is 11.2. The Morgan fingerprint density at radius 1 is 0.426 bits per heavy atom. The van der Waals surface area contributed by atoms with Crippen molar-refractivity contribution in [2.45, 2.75) is 0 Å². The van der Waals surface area contributed by atoms with Crippen molar-refractivity contribution in [3.8, 4) is 85.4 Å². The Hall–Kier alpha value is -9.94. The number of aromatic nitrogens is 4. The summed E-state index contributed by atoms with van der Waals surface area (Å²) >= 11 is 0. The summed E-state index contributed by atoms with van der Waals surface area (Å²) in [5.74, 6) is 1.59. The number of furan rings is 1. The van der Waals surface area contributed by atoms with Crippen molar-refractivity contribution in [3.63, 3.8) is 0 Å². The number of hydrogen-bond donors (Lipinski definition) is 0. The van der Waals surface area contributed by atoms with Gasteiger partial charge in [-0.25, -0.2) is 19.8 Å². The van der Waals surface area contributed by atoms with E-state index in [1.165, 1.54) is 0 Å². The van der Waals surface area contributed by atoms with Crippen molar-refractivity contribution in [1.82, 2.24) is 19.5 Å². The summed E-state index contributed by atoms with van der Waals surface area (Å²) in [4.78, 5) is 19.2. The highest BCUT2D eigenvalue weighted by Crippen LogP contribution is 2.42. The minimum absolute atomic E-state index is 0.421. The average molecular weight is 868 g/mol. The Labute approximate surface area is 390 Å². The largest absolute Gasteiger partial charge is 0.456 e. The summed E-state index contributed by atoms with van der Waals surface area (Å²) < 4.78 is 8.64. The molecule has 0 bridgehead atoms. The van der Waals surface area contributed by atoms with Gasteiger partial charge in [0.25, 0.3) is 0 Å². The molecule has 12 rings (SSSR count). The molecule has 12 aromatic rings. The van der Waals surface area contributed by atoms with Crippen molar-refractivity contribution in [2.75, 3.05) is 0 Å². The molecule has 0 radical (unpaired) electrons. The zero-order valence-corrected chi connectivity index (χ0v) is 36.1. The third kappa shape index (κ3) is 6.80. The molecule has 9 aromatic carbocycles. The molecule has 3 heterocycles. The molecule has 0 N–H and O–H groups in total. The van der Waals surface area contributed by atoms with E-state index >= 15 is 0 Å². The molecule has 8 heteroatoms. The first-order valence-electron chi connectivity index (χ1n) is 22.0. The van der Waals surface area contributed by atoms with Crippen LogP contribution in [0.4, 0.5) is 5.69 Å². The lowest BCUT2D eigenvalue weighted by molar-refractivity contribution is 0.669. The molecule has 0 saturated heterocycles. The van der Waals surface area contributed by atoms with Gasteiger partial charge in [0.1, 0.15) is 11.2 Å². The standard InChI is InChI=1S/C60H33N7O/c1-63-46-23-17-38(18-24-46)41-20-27-53-50(31-41)51-33-44(47-25-16-37(35-61)30-45(47)36-62)22-29-54(51)67(53)55-28-21-42(43-19-26-49-48-14-8-9-15-56(48)68-57(49)34-43)32-52(55)60-65-58(39-10-4-2-5-11-39)64-59(66-60)40-12-6-3-7-13-40/h2-34H. The highest BCUT2D eigenvalue weighted by atomic mass is 16.3. The van der Waals surface area contributed by atoms with Crippen molar-refractivity contribution < 1.29 is 4.42 Å². The maximum atomic E-state index is 10.2. The van der Waals surface area contributed by atoms with Crippen molar-refractivity contribution in [1.29, 1.82) is 10.5 Å². The zero-order valence-electron chi connectivity index (χ0n) is 36.1. The molecule has 0 amide bonds. The van der Waals surface area contributed by atoms with Gasteiger partial charge in [-0.3, -0.25) is 0 Å². The number of para-hydroxylation sites is 1. The van der Waals surface area contributed by atoms with Gasteiger partial charge in [0, 0.05) is 38.2 Å². The molecule has 0 atom stereocenters. The molecule has 3 aromatic heterocycles. The maximum Gasteiger partial charge on any atom is 0.187 e. The number of rotatable bonds is 7. The van der Waals surface area contributed by atoms with Gasteiger partial charge in [0.15, 0.2) is 23.2 Å². The van der Waals surface area contributed by atoms with Crippen LogP contribution in [0.3, 0.4) is 0 Å². The zero-order chi connectivity index (χ0) is 45.7. The van der Waals surface area contributed by atoms with Crippen molar-refractivity contribution >= 4 is 49.4 Å². The molecule has 0 aliphatic rings. The summed E-state index contributed by atoms with van der Waals surface area (Å²) in [6.07, 6.45) is 0. The maximum absolute atomic E-state index is 10.2. The van der Waals surface area contributed by atoms with Gasteiger partial charge in [-0.15, -0.1) is 0 Å². The van der Waals surface area contributed by atoms with Gasteiger partial charge in [0.2, 0.25) is 0 Å². The Bertz CT molecular complexity index is 4050. The monoisotopic (exact) mass is 867 g/mol. The highest BCUT2D eigenvalue weighted by molar-refractivity contribution is 6.12. The van der Waals surface area contributed by atoms with Crippen molar-refractivity contribution in [3.05, 3.63) is 223 Å². The number of nitrogens with zero attached hydrogens (tertiary/aromatic N) is 7. The first-order valence-corrected chi connectivity index (χ1v) is 22.0. The van der Waals surface area contributed by atoms with Crippen LogP contribution >= 0.6 is 0 Å². The van der Waals surface area contributed by atoms with Crippen LogP contribution in [0.25, 0.3) is 122 Å². The summed E-state index contributed by atoms with van der Waals surface area (Å²) in [6.45, 7) is 7.52. The lowest BCUT2D eigenvalue weighted by Gasteiger charge is -2.16. The number of nitriles is 2. The molecule has 0 saturated carbocycles. The predicted octanol–water partition coefficient (Wildman–Crippen LogP) is 15.2. The first-order chi connectivity index (χ1) is 33.5. The molecule has 0 aliphatic carbocycles. The van der Waals surface area contributed by atoms with E-state index in [-0.39, 0.29) is 0 Å². The third-order valence-electron chi connectivity index (χ3n) is 12.6. The van der Waals surface area contributed by atoms with Gasteiger partial charge >= 0.3 is 0 Å². The van der Waals surface area contributed by atoms with E-state index < -0.39 is 0 Å². The van der Waals surface area contributed by atoms with Gasteiger partial charge in [-0.1, -0.05) is 133 Å². The van der Waals surface area contributed by atoms with E-state index in [4.69, 9.17) is 25.9 Å². The van der Waals surface area contributed by atoms with E-state index in [0.29, 0.717) is 34.3 Å². The number of benzene rings is 9. The summed E-state index contributed by atoms with van der Waals surface area (Å²) in [7, 11) is 0.